The van der Waals surface area contributed by atoms with Crippen LogP contribution in [0.4, 0.5) is 11.9 Å². The molecule has 0 spiro atoms. The molecule has 0 unspecified atom stereocenters. The molecule has 4 heterocycles. The van der Waals surface area contributed by atoms with Crippen LogP contribution in [-0.2, 0) is 22.7 Å². The Morgan fingerprint density at radius 2 is 0.940 bits per heavy atom. The Kier molecular flexibility index (Phi) is 18.5. The van der Waals surface area contributed by atoms with E-state index in [9.17, 15) is 24.3 Å². The van der Waals surface area contributed by atoms with E-state index in [4.69, 9.17) is 19.4 Å². The molecule has 84 heavy (non-hydrogen) atoms. The van der Waals surface area contributed by atoms with Gasteiger partial charge in [0, 0.05) is 66.1 Å². The number of hydrogen-bond donors (Lipinski definition) is 5. The summed E-state index contributed by atoms with van der Waals surface area (Å²) in [6, 6.07) is 27.7. The lowest BCUT2D eigenvalue weighted by Crippen LogP contribution is -2.44. The van der Waals surface area contributed by atoms with Crippen molar-refractivity contribution in [3.63, 3.8) is 0 Å². The van der Waals surface area contributed by atoms with Gasteiger partial charge < -0.3 is 34.3 Å². The van der Waals surface area contributed by atoms with Crippen molar-refractivity contribution in [3.05, 3.63) is 107 Å². The van der Waals surface area contributed by atoms with Crippen LogP contribution in [-0.4, -0.2) is 114 Å². The average Bonchev–Trinajstić information content (AvgIpc) is 2.69. The molecule has 2 saturated carbocycles. The van der Waals surface area contributed by atoms with Crippen LogP contribution in [0.5, 0.6) is 11.5 Å². The van der Waals surface area contributed by atoms with Gasteiger partial charge in [-0.1, -0.05) is 12.1 Å². The van der Waals surface area contributed by atoms with Crippen molar-refractivity contribution in [2.75, 3.05) is 43.9 Å². The van der Waals surface area contributed by atoms with Gasteiger partial charge in [-0.2, -0.15) is 0 Å². The third kappa shape index (κ3) is 14.3. The van der Waals surface area contributed by atoms with Gasteiger partial charge in [0.1, 0.15) is 17.1 Å². The summed E-state index contributed by atoms with van der Waals surface area (Å²) < 4.78 is 16.5. The largest absolute Gasteiger partial charge is 0.497 e. The van der Waals surface area contributed by atoms with Gasteiger partial charge in [0.2, 0.25) is 23.7 Å². The van der Waals surface area contributed by atoms with Gasteiger partial charge >= 0.3 is 0 Å². The molecular formula is C67H90N10O7. The standard InChI is InChI=1S/C67H90N10O7/c1-42(2)68-60(78)46-12-20-52(21-13-46)76-59-39-45(11-29-57(59)70-64(76)72-62(80)48-16-24-54(83-9)25-17-48)41-75-36-32-51(33-37-75)67(7,8)84-55-26-18-49(19-27-55)63(81)73-65-71-56-28-10-44(40-74-34-30-50(31-35-74)66(5,6)82)38-58(56)77(65)53-22-14-47(15-23-53)61(79)69-43(3)4/h10-11,16-19,24-29,38-39,42-43,46-47,50-53,82H,12-15,20-23,30-37,40-41H2,1-9H3,(H,68,78)(H,69,79)(H,70,72,80)(H,71,73,81). The summed E-state index contributed by atoms with van der Waals surface area (Å²) in [5, 5.41) is 23.2. The number of imidazole rings is 2. The molecule has 17 heteroatoms. The number of benzene rings is 4. The second-order valence-corrected chi connectivity index (χ2v) is 26.2. The Bertz CT molecular complexity index is 3250. The first kappa shape index (κ1) is 60.3. The highest BCUT2D eigenvalue weighted by atomic mass is 16.5. The number of ether oxygens (including phenoxy) is 2. The predicted octanol–water partition coefficient (Wildman–Crippen LogP) is 11.5. The molecule has 2 aliphatic carbocycles. The molecule has 2 aliphatic heterocycles. The number of hydrogen-bond acceptors (Lipinski definition) is 11. The Hall–Kier alpha value is -6.82. The number of piperidine rings is 2. The van der Waals surface area contributed by atoms with Gasteiger partial charge in [0.25, 0.3) is 11.8 Å². The van der Waals surface area contributed by atoms with Gasteiger partial charge in [0.05, 0.1) is 34.8 Å². The van der Waals surface area contributed by atoms with Crippen molar-refractivity contribution in [2.24, 2.45) is 23.7 Å². The molecular weight excluding hydrogens is 1060 g/mol. The molecule has 0 bridgehead atoms. The first-order valence-electron chi connectivity index (χ1n) is 31.0. The number of nitrogens with zero attached hydrogens (tertiary/aromatic N) is 6. The Morgan fingerprint density at radius 3 is 1.32 bits per heavy atom. The Morgan fingerprint density at radius 1 is 0.548 bits per heavy atom. The molecule has 2 saturated heterocycles. The second-order valence-electron chi connectivity index (χ2n) is 26.2. The van der Waals surface area contributed by atoms with Crippen LogP contribution in [0.1, 0.15) is 176 Å². The van der Waals surface area contributed by atoms with E-state index >= 15 is 0 Å². The van der Waals surface area contributed by atoms with E-state index in [1.54, 1.807) is 31.4 Å². The summed E-state index contributed by atoms with van der Waals surface area (Å²) in [6.07, 6.45) is 10.1. The maximum absolute atomic E-state index is 14.2. The summed E-state index contributed by atoms with van der Waals surface area (Å²) in [5.41, 5.74) is 5.82. The van der Waals surface area contributed by atoms with Crippen LogP contribution in [0.25, 0.3) is 22.1 Å². The zero-order valence-corrected chi connectivity index (χ0v) is 51.0. The topological polar surface area (TPSA) is 197 Å². The fourth-order valence-electron chi connectivity index (χ4n) is 13.6. The van der Waals surface area contributed by atoms with E-state index in [1.807, 2.05) is 65.8 Å². The number of likely N-dealkylation sites (tertiary alicyclic amines) is 2. The quantitative estimate of drug-likeness (QED) is 0.0517. The Labute approximate surface area is 496 Å². The fraction of sp³-hybridized carbons (Fsp3) is 0.552. The van der Waals surface area contributed by atoms with E-state index in [2.05, 4.69) is 90.4 Å². The molecule has 450 valence electrons. The molecule has 0 atom stereocenters. The molecule has 4 aromatic carbocycles. The highest BCUT2D eigenvalue weighted by Gasteiger charge is 2.37. The number of aliphatic hydroxyl groups is 1. The van der Waals surface area contributed by atoms with Gasteiger partial charge in [-0.25, -0.2) is 9.97 Å². The minimum Gasteiger partial charge on any atom is -0.497 e. The van der Waals surface area contributed by atoms with E-state index in [1.165, 1.54) is 11.1 Å². The van der Waals surface area contributed by atoms with Gasteiger partial charge in [0.15, 0.2) is 0 Å². The first-order valence-corrected chi connectivity index (χ1v) is 31.0. The summed E-state index contributed by atoms with van der Waals surface area (Å²) >= 11 is 0. The zero-order valence-electron chi connectivity index (χ0n) is 51.0. The lowest BCUT2D eigenvalue weighted by atomic mass is 9.82. The van der Waals surface area contributed by atoms with E-state index in [0.717, 1.165) is 138 Å². The van der Waals surface area contributed by atoms with Crippen LogP contribution in [0.2, 0.25) is 0 Å². The van der Waals surface area contributed by atoms with E-state index in [0.29, 0.717) is 40.4 Å². The van der Waals surface area contributed by atoms with Gasteiger partial charge in [-0.3, -0.25) is 39.6 Å². The molecule has 10 rings (SSSR count). The molecule has 2 aromatic heterocycles. The molecule has 17 nitrogen and oxygen atoms in total. The van der Waals surface area contributed by atoms with Crippen molar-refractivity contribution in [1.29, 1.82) is 0 Å². The average molecular weight is 1150 g/mol. The maximum atomic E-state index is 14.2. The molecule has 4 fully saturated rings. The lowest BCUT2D eigenvalue weighted by Gasteiger charge is -2.40. The number of methoxy groups -OCH3 is 1. The summed E-state index contributed by atoms with van der Waals surface area (Å²) in [7, 11) is 1.60. The third-order valence-corrected chi connectivity index (χ3v) is 18.5. The smallest absolute Gasteiger partial charge is 0.257 e. The number of carbonyl (C=O) groups excluding carboxylic acids is 4. The number of amides is 4. The molecule has 0 radical (unpaired) electrons. The zero-order chi connectivity index (χ0) is 59.5. The summed E-state index contributed by atoms with van der Waals surface area (Å²) in [4.78, 5) is 69.0. The van der Waals surface area contributed by atoms with Crippen molar-refractivity contribution in [3.8, 4) is 11.5 Å². The van der Waals surface area contributed by atoms with E-state index in [-0.39, 0.29) is 65.5 Å². The normalized spacial score (nSPS) is 20.8. The lowest BCUT2D eigenvalue weighted by molar-refractivity contribution is -0.127. The molecule has 6 aromatic rings. The van der Waals surface area contributed by atoms with Gasteiger partial charge in [-0.15, -0.1) is 0 Å². The number of rotatable bonds is 19. The summed E-state index contributed by atoms with van der Waals surface area (Å²) in [5.74, 6) is 2.65. The maximum Gasteiger partial charge on any atom is 0.257 e. The highest BCUT2D eigenvalue weighted by molar-refractivity contribution is 6.05. The number of anilines is 2. The Balaban J connectivity index is 0.779. The third-order valence-electron chi connectivity index (χ3n) is 18.5. The number of nitrogens with one attached hydrogen (secondary N) is 4. The highest BCUT2D eigenvalue weighted by Crippen LogP contribution is 2.41. The van der Waals surface area contributed by atoms with Crippen molar-refractivity contribution in [1.82, 2.24) is 39.5 Å². The van der Waals surface area contributed by atoms with Crippen molar-refractivity contribution >= 4 is 57.6 Å². The van der Waals surface area contributed by atoms with Crippen LogP contribution in [0.15, 0.2) is 84.9 Å². The first-order chi connectivity index (χ1) is 40.2. The van der Waals surface area contributed by atoms with E-state index < -0.39 is 11.2 Å². The minimum atomic E-state index is -0.677. The fourth-order valence-corrected chi connectivity index (χ4v) is 13.6. The number of aromatic nitrogens is 4. The predicted molar refractivity (Wildman–Crippen MR) is 330 cm³/mol. The second kappa shape index (κ2) is 25.8. The SMILES string of the molecule is COc1ccc(C(=O)Nc2nc3ccc(CN4CCC(C(C)(C)Oc5ccc(C(=O)Nc6nc7ccc(CN8CCC(C(C)(C)O)CC8)cc7n6C6CCC(C(=O)NC(C)C)CC6)cc5)CC4)cc3n2C2CCC(C(=O)NC(C)C)CC2)cc1. The van der Waals surface area contributed by atoms with Crippen LogP contribution in [0, 0.1) is 23.7 Å². The van der Waals surface area contributed by atoms with Crippen LogP contribution < -0.4 is 30.7 Å². The van der Waals surface area contributed by atoms with Crippen molar-refractivity contribution < 1.29 is 33.8 Å². The summed E-state index contributed by atoms with van der Waals surface area (Å²) in [6.45, 7) is 21.4. The minimum absolute atomic E-state index is 0.0367. The monoisotopic (exact) mass is 1150 g/mol. The number of carbonyl (C=O) groups is 4. The molecule has 5 N–H and O–H groups in total. The van der Waals surface area contributed by atoms with Crippen molar-refractivity contribution in [2.45, 2.75) is 181 Å². The van der Waals surface area contributed by atoms with Gasteiger partial charge in [-0.05, 0) is 248 Å². The number of fused-ring (bicyclic) bond motifs is 2. The van der Waals surface area contributed by atoms with Crippen LogP contribution >= 0.6 is 0 Å². The van der Waals surface area contributed by atoms with Crippen LogP contribution in [0.3, 0.4) is 0 Å². The molecule has 4 amide bonds. The molecule has 4 aliphatic rings.